The summed E-state index contributed by atoms with van der Waals surface area (Å²) in [4.78, 5) is 16.5. The van der Waals surface area contributed by atoms with Gasteiger partial charge in [0.05, 0.1) is 9.30 Å². The molecule has 0 radical (unpaired) electrons. The summed E-state index contributed by atoms with van der Waals surface area (Å²) in [6.07, 6.45) is 2.17. The van der Waals surface area contributed by atoms with E-state index in [-0.39, 0.29) is 5.78 Å². The molecule has 0 aliphatic rings. The molecule has 0 amide bonds. The second kappa shape index (κ2) is 5.23. The molecule has 0 aliphatic heterocycles. The number of carbonyl (C=O) groups excluding carboxylic acids is 1. The Labute approximate surface area is 123 Å². The summed E-state index contributed by atoms with van der Waals surface area (Å²) in [5.74, 6) is 0.137. The van der Waals surface area contributed by atoms with E-state index in [9.17, 15) is 4.79 Å². The standard InChI is InChI=1S/C15H10BrNOS/c16-15-8-11(9-19-15)14(18)7-10-5-6-17-13-4-2-1-3-12(10)13/h1-6,8-9H,7H2. The largest absolute Gasteiger partial charge is 0.294 e. The molecule has 2 heterocycles. The van der Waals surface area contributed by atoms with E-state index < -0.39 is 0 Å². The molecule has 19 heavy (non-hydrogen) atoms. The third-order valence-corrected chi connectivity index (χ3v) is 4.48. The number of para-hydroxylation sites is 1. The van der Waals surface area contributed by atoms with Crippen LogP contribution in [-0.4, -0.2) is 10.8 Å². The quantitative estimate of drug-likeness (QED) is 0.662. The Balaban J connectivity index is 1.95. The number of carbonyl (C=O) groups is 1. The van der Waals surface area contributed by atoms with Crippen molar-refractivity contribution >= 4 is 44.0 Å². The lowest BCUT2D eigenvalue weighted by Gasteiger charge is -2.04. The van der Waals surface area contributed by atoms with E-state index in [2.05, 4.69) is 20.9 Å². The Bertz CT molecular complexity index is 745. The van der Waals surface area contributed by atoms with Gasteiger partial charge in [0.15, 0.2) is 5.78 Å². The second-order valence-electron chi connectivity index (χ2n) is 4.23. The zero-order valence-corrected chi connectivity index (χ0v) is 12.4. The maximum Gasteiger partial charge on any atom is 0.168 e. The second-order valence-corrected chi connectivity index (χ2v) is 6.52. The van der Waals surface area contributed by atoms with Gasteiger partial charge >= 0.3 is 0 Å². The van der Waals surface area contributed by atoms with Crippen molar-refractivity contribution in [3.8, 4) is 0 Å². The maximum atomic E-state index is 12.2. The number of aromatic nitrogens is 1. The summed E-state index contributed by atoms with van der Waals surface area (Å²) in [7, 11) is 0. The summed E-state index contributed by atoms with van der Waals surface area (Å²) in [6, 6.07) is 11.7. The highest BCUT2D eigenvalue weighted by Crippen LogP contribution is 2.23. The minimum Gasteiger partial charge on any atom is -0.294 e. The van der Waals surface area contributed by atoms with Gasteiger partial charge in [-0.25, -0.2) is 0 Å². The number of nitrogens with zero attached hydrogens (tertiary/aromatic N) is 1. The number of halogens is 1. The number of Topliss-reactive ketones (excluding diaryl/α,β-unsaturated/α-hetero) is 1. The van der Waals surface area contributed by atoms with Crippen LogP contribution in [0.1, 0.15) is 15.9 Å². The number of benzene rings is 1. The number of rotatable bonds is 3. The van der Waals surface area contributed by atoms with Gasteiger partial charge in [-0.05, 0) is 39.7 Å². The molecule has 0 unspecified atom stereocenters. The van der Waals surface area contributed by atoms with E-state index in [1.54, 1.807) is 6.20 Å². The number of fused-ring (bicyclic) bond motifs is 1. The van der Waals surface area contributed by atoms with Gasteiger partial charge in [0.25, 0.3) is 0 Å². The van der Waals surface area contributed by atoms with Crippen LogP contribution >= 0.6 is 27.3 Å². The average Bonchev–Trinajstić information content (AvgIpc) is 2.86. The van der Waals surface area contributed by atoms with Crippen LogP contribution in [0.3, 0.4) is 0 Å². The van der Waals surface area contributed by atoms with Crippen molar-refractivity contribution in [1.29, 1.82) is 0 Å². The lowest BCUT2D eigenvalue weighted by molar-refractivity contribution is 0.0993. The fourth-order valence-corrected chi connectivity index (χ4v) is 3.20. The van der Waals surface area contributed by atoms with Gasteiger partial charge in [0, 0.05) is 28.9 Å². The minimum atomic E-state index is 0.137. The van der Waals surface area contributed by atoms with Crippen molar-refractivity contribution in [2.45, 2.75) is 6.42 Å². The van der Waals surface area contributed by atoms with E-state index in [4.69, 9.17) is 0 Å². The molecule has 0 saturated carbocycles. The topological polar surface area (TPSA) is 30.0 Å². The zero-order chi connectivity index (χ0) is 13.2. The van der Waals surface area contributed by atoms with Crippen molar-refractivity contribution in [1.82, 2.24) is 4.98 Å². The Morgan fingerprint density at radius 3 is 2.89 bits per heavy atom. The fourth-order valence-electron chi connectivity index (χ4n) is 2.04. The van der Waals surface area contributed by atoms with E-state index in [1.807, 2.05) is 41.8 Å². The van der Waals surface area contributed by atoms with E-state index in [0.29, 0.717) is 6.42 Å². The summed E-state index contributed by atoms with van der Waals surface area (Å²) < 4.78 is 0.982. The number of pyridine rings is 1. The maximum absolute atomic E-state index is 12.2. The molecule has 0 N–H and O–H groups in total. The zero-order valence-electron chi connectivity index (χ0n) is 9.97. The first-order valence-electron chi connectivity index (χ1n) is 5.84. The van der Waals surface area contributed by atoms with Crippen LogP contribution in [0.25, 0.3) is 10.9 Å². The van der Waals surface area contributed by atoms with E-state index in [1.165, 1.54) is 11.3 Å². The minimum absolute atomic E-state index is 0.137. The van der Waals surface area contributed by atoms with Crippen LogP contribution in [0, 0.1) is 0 Å². The van der Waals surface area contributed by atoms with Crippen molar-refractivity contribution in [2.75, 3.05) is 0 Å². The molecule has 0 atom stereocenters. The normalized spacial score (nSPS) is 10.8. The molecular weight excluding hydrogens is 322 g/mol. The summed E-state index contributed by atoms with van der Waals surface area (Å²) in [6.45, 7) is 0. The molecule has 94 valence electrons. The predicted molar refractivity (Wildman–Crippen MR) is 81.8 cm³/mol. The first-order chi connectivity index (χ1) is 9.24. The fraction of sp³-hybridized carbons (Fsp3) is 0.0667. The SMILES string of the molecule is O=C(Cc1ccnc2ccccc12)c1csc(Br)c1. The smallest absolute Gasteiger partial charge is 0.168 e. The first-order valence-corrected chi connectivity index (χ1v) is 7.51. The predicted octanol–water partition coefficient (Wildman–Crippen LogP) is 4.48. The number of ketones is 1. The Hall–Kier alpha value is -1.52. The van der Waals surface area contributed by atoms with Gasteiger partial charge in [-0.3, -0.25) is 9.78 Å². The molecule has 1 aromatic carbocycles. The van der Waals surface area contributed by atoms with Crippen molar-refractivity contribution < 1.29 is 4.79 Å². The molecule has 2 nitrogen and oxygen atoms in total. The molecule has 0 fully saturated rings. The van der Waals surface area contributed by atoms with Gasteiger partial charge < -0.3 is 0 Å². The number of hydrogen-bond acceptors (Lipinski definition) is 3. The molecule has 2 aromatic heterocycles. The molecule has 3 aromatic rings. The van der Waals surface area contributed by atoms with Crippen LogP contribution in [0.5, 0.6) is 0 Å². The molecule has 0 bridgehead atoms. The van der Waals surface area contributed by atoms with E-state index in [0.717, 1.165) is 25.8 Å². The van der Waals surface area contributed by atoms with Crippen molar-refractivity contribution in [2.24, 2.45) is 0 Å². The van der Waals surface area contributed by atoms with Crippen LogP contribution in [0.2, 0.25) is 0 Å². The van der Waals surface area contributed by atoms with Crippen LogP contribution < -0.4 is 0 Å². The Morgan fingerprint density at radius 2 is 2.11 bits per heavy atom. The summed E-state index contributed by atoms with van der Waals surface area (Å²) >= 11 is 4.91. The molecule has 3 rings (SSSR count). The molecule has 0 aliphatic carbocycles. The molecule has 0 saturated heterocycles. The Morgan fingerprint density at radius 1 is 1.26 bits per heavy atom. The third-order valence-electron chi connectivity index (χ3n) is 2.98. The lowest BCUT2D eigenvalue weighted by atomic mass is 10.0. The average molecular weight is 332 g/mol. The van der Waals surface area contributed by atoms with Crippen molar-refractivity contribution in [3.05, 3.63) is 62.9 Å². The summed E-state index contributed by atoms with van der Waals surface area (Å²) in [5, 5.41) is 2.93. The third kappa shape index (κ3) is 2.60. The van der Waals surface area contributed by atoms with Gasteiger partial charge in [-0.15, -0.1) is 11.3 Å². The monoisotopic (exact) mass is 331 g/mol. The van der Waals surface area contributed by atoms with Gasteiger partial charge in [0.2, 0.25) is 0 Å². The highest BCUT2D eigenvalue weighted by molar-refractivity contribution is 9.11. The number of hydrogen-bond donors (Lipinski definition) is 0. The molecule has 4 heteroatoms. The first kappa shape index (κ1) is 12.5. The highest BCUT2D eigenvalue weighted by atomic mass is 79.9. The van der Waals surface area contributed by atoms with Gasteiger partial charge in [-0.1, -0.05) is 18.2 Å². The molecule has 0 spiro atoms. The van der Waals surface area contributed by atoms with Gasteiger partial charge in [0.1, 0.15) is 0 Å². The Kier molecular flexibility index (Phi) is 3.44. The van der Waals surface area contributed by atoms with Crippen molar-refractivity contribution in [3.63, 3.8) is 0 Å². The van der Waals surface area contributed by atoms with Crippen LogP contribution in [0.4, 0.5) is 0 Å². The highest BCUT2D eigenvalue weighted by Gasteiger charge is 2.11. The van der Waals surface area contributed by atoms with E-state index >= 15 is 0 Å². The molecular formula is C15H10BrNOS. The van der Waals surface area contributed by atoms with Crippen LogP contribution in [0.15, 0.2) is 51.8 Å². The lowest BCUT2D eigenvalue weighted by Crippen LogP contribution is -2.02. The summed E-state index contributed by atoms with van der Waals surface area (Å²) in [5.41, 5.74) is 2.72. The number of thiophene rings is 1. The van der Waals surface area contributed by atoms with Crippen LogP contribution in [-0.2, 0) is 6.42 Å². The van der Waals surface area contributed by atoms with Gasteiger partial charge in [-0.2, -0.15) is 0 Å².